The monoisotopic (exact) mass is 170 g/mol. The summed E-state index contributed by atoms with van der Waals surface area (Å²) in [5.41, 5.74) is 0. The average Bonchev–Trinajstić information content (AvgIpc) is 2.05. The highest BCUT2D eigenvalue weighted by molar-refractivity contribution is 5.69. The van der Waals surface area contributed by atoms with Crippen LogP contribution in [0.15, 0.2) is 12.3 Å². The standard InChI is InChI=1S/C10H18O2/c1-3-5-6-7-9-12-10(11)8-4-2/h7,9H,3-6,8H2,1-2H3/b9-7-. The first-order valence-electron chi connectivity index (χ1n) is 4.65. The van der Waals surface area contributed by atoms with Crippen LogP contribution in [0.25, 0.3) is 0 Å². The van der Waals surface area contributed by atoms with Gasteiger partial charge >= 0.3 is 5.97 Å². The first kappa shape index (κ1) is 11.2. The highest BCUT2D eigenvalue weighted by Gasteiger charge is 1.95. The molecule has 0 aliphatic rings. The molecule has 0 aromatic rings. The van der Waals surface area contributed by atoms with E-state index in [1.807, 2.05) is 13.0 Å². The summed E-state index contributed by atoms with van der Waals surface area (Å²) >= 11 is 0. The number of allylic oxidation sites excluding steroid dienone is 1. The third-order valence-electron chi connectivity index (χ3n) is 1.47. The third-order valence-corrected chi connectivity index (χ3v) is 1.47. The maximum atomic E-state index is 10.8. The summed E-state index contributed by atoms with van der Waals surface area (Å²) in [7, 11) is 0. The zero-order chi connectivity index (χ0) is 9.23. The molecule has 0 saturated carbocycles. The van der Waals surface area contributed by atoms with E-state index in [1.165, 1.54) is 12.7 Å². The summed E-state index contributed by atoms with van der Waals surface area (Å²) in [6, 6.07) is 0. The van der Waals surface area contributed by atoms with Crippen molar-refractivity contribution in [2.75, 3.05) is 0 Å². The molecule has 0 radical (unpaired) electrons. The van der Waals surface area contributed by atoms with Crippen molar-refractivity contribution < 1.29 is 9.53 Å². The zero-order valence-corrected chi connectivity index (χ0v) is 8.01. The Kier molecular flexibility index (Phi) is 7.76. The Hall–Kier alpha value is -0.790. The van der Waals surface area contributed by atoms with Crippen molar-refractivity contribution in [3.63, 3.8) is 0 Å². The fourth-order valence-corrected chi connectivity index (χ4v) is 0.777. The van der Waals surface area contributed by atoms with Crippen molar-refractivity contribution in [3.8, 4) is 0 Å². The van der Waals surface area contributed by atoms with Crippen LogP contribution in [0.5, 0.6) is 0 Å². The molecule has 2 nitrogen and oxygen atoms in total. The lowest BCUT2D eigenvalue weighted by atomic mass is 10.2. The summed E-state index contributed by atoms with van der Waals surface area (Å²) in [5, 5.41) is 0. The molecule has 0 atom stereocenters. The van der Waals surface area contributed by atoms with Crippen LogP contribution in [0.2, 0.25) is 0 Å². The molecule has 0 rings (SSSR count). The largest absolute Gasteiger partial charge is 0.435 e. The molecular weight excluding hydrogens is 152 g/mol. The van der Waals surface area contributed by atoms with Crippen LogP contribution in [-0.2, 0) is 9.53 Å². The van der Waals surface area contributed by atoms with Gasteiger partial charge in [0, 0.05) is 6.42 Å². The summed E-state index contributed by atoms with van der Waals surface area (Å²) in [4.78, 5) is 10.8. The van der Waals surface area contributed by atoms with Crippen LogP contribution in [0.3, 0.4) is 0 Å². The number of rotatable bonds is 6. The van der Waals surface area contributed by atoms with Gasteiger partial charge in [-0.2, -0.15) is 0 Å². The topological polar surface area (TPSA) is 26.3 Å². The molecule has 0 aliphatic carbocycles. The van der Waals surface area contributed by atoms with E-state index in [0.29, 0.717) is 6.42 Å². The second kappa shape index (κ2) is 8.31. The first-order valence-corrected chi connectivity index (χ1v) is 4.65. The number of unbranched alkanes of at least 4 members (excludes halogenated alkanes) is 2. The molecule has 0 amide bonds. The molecule has 0 aliphatic heterocycles. The Morgan fingerprint density at radius 3 is 2.67 bits per heavy atom. The van der Waals surface area contributed by atoms with Crippen molar-refractivity contribution in [3.05, 3.63) is 12.3 Å². The van der Waals surface area contributed by atoms with Crippen LogP contribution in [-0.4, -0.2) is 5.97 Å². The molecule has 0 N–H and O–H groups in total. The van der Waals surface area contributed by atoms with Crippen LogP contribution < -0.4 is 0 Å². The Morgan fingerprint density at radius 1 is 1.33 bits per heavy atom. The van der Waals surface area contributed by atoms with E-state index in [9.17, 15) is 4.79 Å². The number of hydrogen-bond donors (Lipinski definition) is 0. The minimum atomic E-state index is -0.134. The molecule has 0 aromatic carbocycles. The summed E-state index contributed by atoms with van der Waals surface area (Å²) in [6.45, 7) is 4.10. The lowest BCUT2D eigenvalue weighted by Crippen LogP contribution is -1.97. The van der Waals surface area contributed by atoms with Gasteiger partial charge in [0.15, 0.2) is 0 Å². The van der Waals surface area contributed by atoms with E-state index in [0.717, 1.165) is 19.3 Å². The number of carbonyl (C=O) groups is 1. The highest BCUT2D eigenvalue weighted by Crippen LogP contribution is 1.96. The normalized spacial score (nSPS) is 10.5. The molecule has 0 spiro atoms. The van der Waals surface area contributed by atoms with Gasteiger partial charge in [0.1, 0.15) is 0 Å². The van der Waals surface area contributed by atoms with Gasteiger partial charge in [-0.05, 0) is 25.3 Å². The van der Waals surface area contributed by atoms with E-state index >= 15 is 0 Å². The van der Waals surface area contributed by atoms with Gasteiger partial charge in [0.25, 0.3) is 0 Å². The van der Waals surface area contributed by atoms with Crippen LogP contribution in [0.4, 0.5) is 0 Å². The zero-order valence-electron chi connectivity index (χ0n) is 8.01. The lowest BCUT2D eigenvalue weighted by molar-refractivity contribution is -0.138. The number of hydrogen-bond acceptors (Lipinski definition) is 2. The molecule has 12 heavy (non-hydrogen) atoms. The number of carbonyl (C=O) groups excluding carboxylic acids is 1. The summed E-state index contributed by atoms with van der Waals surface area (Å²) < 4.78 is 4.81. The van der Waals surface area contributed by atoms with Crippen LogP contribution >= 0.6 is 0 Å². The van der Waals surface area contributed by atoms with E-state index < -0.39 is 0 Å². The fourth-order valence-electron chi connectivity index (χ4n) is 0.777. The fraction of sp³-hybridized carbons (Fsp3) is 0.700. The molecule has 0 bridgehead atoms. The molecule has 0 fully saturated rings. The van der Waals surface area contributed by atoms with Crippen LogP contribution in [0, 0.1) is 0 Å². The smallest absolute Gasteiger partial charge is 0.310 e. The van der Waals surface area contributed by atoms with Gasteiger partial charge in [-0.3, -0.25) is 4.79 Å². The molecule has 0 heterocycles. The molecule has 0 saturated heterocycles. The predicted octanol–water partition coefficient (Wildman–Crippen LogP) is 3.03. The van der Waals surface area contributed by atoms with Crippen molar-refractivity contribution in [1.29, 1.82) is 0 Å². The minimum Gasteiger partial charge on any atom is -0.435 e. The number of esters is 1. The second-order valence-corrected chi connectivity index (χ2v) is 2.75. The van der Waals surface area contributed by atoms with E-state index in [4.69, 9.17) is 4.74 Å². The maximum absolute atomic E-state index is 10.8. The van der Waals surface area contributed by atoms with Crippen molar-refractivity contribution in [1.82, 2.24) is 0 Å². The lowest BCUT2D eigenvalue weighted by Gasteiger charge is -1.95. The van der Waals surface area contributed by atoms with E-state index in [2.05, 4.69) is 6.92 Å². The molecular formula is C10H18O2. The van der Waals surface area contributed by atoms with Gasteiger partial charge in [0.05, 0.1) is 6.26 Å². The van der Waals surface area contributed by atoms with Gasteiger partial charge in [-0.1, -0.05) is 20.3 Å². The Bertz CT molecular complexity index is 139. The van der Waals surface area contributed by atoms with E-state index in [-0.39, 0.29) is 5.97 Å². The Morgan fingerprint density at radius 2 is 2.08 bits per heavy atom. The SMILES string of the molecule is CCCC/C=C\OC(=O)CCC. The van der Waals surface area contributed by atoms with Gasteiger partial charge in [-0.15, -0.1) is 0 Å². The summed E-state index contributed by atoms with van der Waals surface area (Å²) in [6.07, 6.45) is 8.09. The minimum absolute atomic E-state index is 0.134. The highest BCUT2D eigenvalue weighted by atomic mass is 16.5. The average molecular weight is 170 g/mol. The molecule has 0 aromatic heterocycles. The Balaban J connectivity index is 3.27. The van der Waals surface area contributed by atoms with Crippen LogP contribution in [0.1, 0.15) is 46.0 Å². The van der Waals surface area contributed by atoms with E-state index in [1.54, 1.807) is 0 Å². The molecule has 2 heteroatoms. The molecule has 70 valence electrons. The Labute approximate surface area is 74.6 Å². The van der Waals surface area contributed by atoms with Gasteiger partial charge in [0.2, 0.25) is 0 Å². The van der Waals surface area contributed by atoms with Gasteiger partial charge in [-0.25, -0.2) is 0 Å². The molecule has 0 unspecified atom stereocenters. The van der Waals surface area contributed by atoms with Crippen molar-refractivity contribution in [2.24, 2.45) is 0 Å². The predicted molar refractivity (Wildman–Crippen MR) is 49.7 cm³/mol. The van der Waals surface area contributed by atoms with Gasteiger partial charge < -0.3 is 4.74 Å². The summed E-state index contributed by atoms with van der Waals surface area (Å²) in [5.74, 6) is -0.134. The van der Waals surface area contributed by atoms with Crippen molar-refractivity contribution in [2.45, 2.75) is 46.0 Å². The third kappa shape index (κ3) is 7.32. The number of ether oxygens (including phenoxy) is 1. The first-order chi connectivity index (χ1) is 5.81. The van der Waals surface area contributed by atoms with Crippen molar-refractivity contribution >= 4 is 5.97 Å². The quantitative estimate of drug-likeness (QED) is 0.348. The maximum Gasteiger partial charge on any atom is 0.310 e. The second-order valence-electron chi connectivity index (χ2n) is 2.75.